The van der Waals surface area contributed by atoms with Gasteiger partial charge in [0, 0.05) is 25.4 Å². The van der Waals surface area contributed by atoms with Gasteiger partial charge in [-0.15, -0.1) is 0 Å². The van der Waals surface area contributed by atoms with E-state index in [2.05, 4.69) is 4.90 Å². The number of alkyl halides is 1. The van der Waals surface area contributed by atoms with Crippen molar-refractivity contribution in [3.05, 3.63) is 35.4 Å². The van der Waals surface area contributed by atoms with Gasteiger partial charge in [0.1, 0.15) is 6.67 Å². The number of fused-ring (bicyclic) bond motifs is 1. The van der Waals surface area contributed by atoms with Gasteiger partial charge in [0.15, 0.2) is 5.72 Å². The second-order valence-corrected chi connectivity index (χ2v) is 5.79. The smallest absolute Gasteiger partial charge is 0.340 e. The van der Waals surface area contributed by atoms with Crippen LogP contribution >= 0.6 is 0 Å². The first-order chi connectivity index (χ1) is 9.66. The molecule has 1 aromatic carbocycles. The third kappa shape index (κ3) is 2.12. The van der Waals surface area contributed by atoms with E-state index in [1.54, 1.807) is 6.07 Å². The molecule has 0 unspecified atom stereocenters. The van der Waals surface area contributed by atoms with Crippen LogP contribution in [0.3, 0.4) is 0 Å². The zero-order valence-corrected chi connectivity index (χ0v) is 11.8. The van der Waals surface area contributed by atoms with Crippen LogP contribution in [0, 0.1) is 6.92 Å². The Kier molecular flexibility index (Phi) is 3.50. The largest absolute Gasteiger partial charge is 0.440 e. The Balaban J connectivity index is 1.80. The number of nitrogens with zero attached hydrogens (tertiary/aromatic N) is 1. The van der Waals surface area contributed by atoms with Crippen LogP contribution in [0.1, 0.15) is 41.6 Å². The summed E-state index contributed by atoms with van der Waals surface area (Å²) in [5.74, 6) is -0.283. The molecule has 0 radical (unpaired) electrons. The summed E-state index contributed by atoms with van der Waals surface area (Å²) in [6, 6.07) is 7.35. The van der Waals surface area contributed by atoms with Gasteiger partial charge >= 0.3 is 5.97 Å². The molecule has 0 spiro atoms. The molecule has 0 N–H and O–H groups in total. The van der Waals surface area contributed by atoms with Crippen LogP contribution in [0.4, 0.5) is 4.39 Å². The predicted octanol–water partition coefficient (Wildman–Crippen LogP) is 3.08. The van der Waals surface area contributed by atoms with Gasteiger partial charge < -0.3 is 4.74 Å². The fourth-order valence-electron chi connectivity index (χ4n) is 3.56. The molecule has 0 amide bonds. The van der Waals surface area contributed by atoms with Gasteiger partial charge in [0.2, 0.25) is 0 Å². The van der Waals surface area contributed by atoms with Gasteiger partial charge in [-0.2, -0.15) is 0 Å². The van der Waals surface area contributed by atoms with Gasteiger partial charge in [0.25, 0.3) is 0 Å². The third-order valence-electron chi connectivity index (χ3n) is 4.62. The number of halogens is 1. The highest BCUT2D eigenvalue weighted by Crippen LogP contribution is 2.43. The molecule has 0 saturated carbocycles. The molecule has 2 atom stereocenters. The maximum Gasteiger partial charge on any atom is 0.340 e. The van der Waals surface area contributed by atoms with Crippen molar-refractivity contribution in [1.82, 2.24) is 4.90 Å². The third-order valence-corrected chi connectivity index (χ3v) is 4.62. The molecule has 0 aromatic heterocycles. The lowest BCUT2D eigenvalue weighted by atomic mass is 10.1. The molecule has 2 heterocycles. The van der Waals surface area contributed by atoms with E-state index in [0.29, 0.717) is 5.56 Å². The minimum atomic E-state index is -0.559. The molecule has 2 aliphatic rings. The van der Waals surface area contributed by atoms with Gasteiger partial charge in [0.05, 0.1) is 5.56 Å². The highest BCUT2D eigenvalue weighted by molar-refractivity contribution is 5.91. The molecule has 2 saturated heterocycles. The van der Waals surface area contributed by atoms with Crippen molar-refractivity contribution in [2.45, 2.75) is 44.4 Å². The number of benzene rings is 1. The molecular weight excluding hydrogens is 257 g/mol. The second kappa shape index (κ2) is 5.17. The van der Waals surface area contributed by atoms with Gasteiger partial charge in [-0.25, -0.2) is 9.18 Å². The zero-order chi connectivity index (χ0) is 14.2. The normalized spacial score (nSPS) is 29.4. The van der Waals surface area contributed by atoms with E-state index in [9.17, 15) is 9.18 Å². The summed E-state index contributed by atoms with van der Waals surface area (Å²) in [6.07, 6.45) is 3.31. The molecule has 108 valence electrons. The number of carbonyl (C=O) groups excluding carboxylic acids is 1. The highest BCUT2D eigenvalue weighted by atomic mass is 19.1. The molecule has 3 rings (SSSR count). The summed E-state index contributed by atoms with van der Waals surface area (Å²) in [4.78, 5) is 14.5. The Morgan fingerprint density at radius 3 is 3.00 bits per heavy atom. The number of hydrogen-bond acceptors (Lipinski definition) is 3. The fraction of sp³-hybridized carbons (Fsp3) is 0.562. The van der Waals surface area contributed by atoms with Crippen molar-refractivity contribution < 1.29 is 13.9 Å². The van der Waals surface area contributed by atoms with Crippen molar-refractivity contribution >= 4 is 5.97 Å². The van der Waals surface area contributed by atoms with Crippen molar-refractivity contribution in [2.24, 2.45) is 0 Å². The van der Waals surface area contributed by atoms with Crippen LogP contribution in [-0.4, -0.2) is 35.9 Å². The maximum absolute atomic E-state index is 13.0. The van der Waals surface area contributed by atoms with Crippen LogP contribution in [0.5, 0.6) is 0 Å². The van der Waals surface area contributed by atoms with E-state index in [-0.39, 0.29) is 18.7 Å². The van der Waals surface area contributed by atoms with E-state index >= 15 is 0 Å². The molecule has 0 bridgehead atoms. The first kappa shape index (κ1) is 13.6. The molecule has 2 fully saturated rings. The summed E-state index contributed by atoms with van der Waals surface area (Å²) < 4.78 is 18.9. The van der Waals surface area contributed by atoms with Crippen LogP contribution in [0.15, 0.2) is 24.3 Å². The number of aryl methyl sites for hydroxylation is 1. The van der Waals surface area contributed by atoms with Crippen LogP contribution < -0.4 is 0 Å². The Hall–Kier alpha value is -1.42. The number of carbonyl (C=O) groups is 1. The zero-order valence-electron chi connectivity index (χ0n) is 11.8. The van der Waals surface area contributed by atoms with Crippen molar-refractivity contribution in [3.63, 3.8) is 0 Å². The number of hydrogen-bond donors (Lipinski definition) is 0. The van der Waals surface area contributed by atoms with E-state index in [1.807, 2.05) is 25.1 Å². The monoisotopic (exact) mass is 277 g/mol. The fourth-order valence-corrected chi connectivity index (χ4v) is 3.56. The highest BCUT2D eigenvalue weighted by Gasteiger charge is 2.52. The number of esters is 1. The maximum atomic E-state index is 13.0. The van der Waals surface area contributed by atoms with E-state index in [0.717, 1.165) is 37.8 Å². The first-order valence-electron chi connectivity index (χ1n) is 7.28. The predicted molar refractivity (Wildman–Crippen MR) is 74.3 cm³/mol. The van der Waals surface area contributed by atoms with Gasteiger partial charge in [-0.05, 0) is 31.4 Å². The number of ether oxygens (including phenoxy) is 1. The lowest BCUT2D eigenvalue weighted by Gasteiger charge is -2.33. The SMILES string of the molecule is Cc1ccccc1C(=O)O[C@@]12CCCN1[C@H](CF)CC2. The average molecular weight is 277 g/mol. The van der Waals surface area contributed by atoms with Crippen molar-refractivity contribution in [3.8, 4) is 0 Å². The minimum absolute atomic E-state index is 0.0813. The van der Waals surface area contributed by atoms with E-state index in [1.165, 1.54) is 0 Å². The van der Waals surface area contributed by atoms with Gasteiger partial charge in [-0.1, -0.05) is 18.2 Å². The molecule has 2 aliphatic heterocycles. The molecule has 1 aromatic rings. The molecule has 4 heteroatoms. The lowest BCUT2D eigenvalue weighted by molar-refractivity contribution is -0.0860. The first-order valence-corrected chi connectivity index (χ1v) is 7.28. The standard InChI is InChI=1S/C16H20FNO2/c1-12-5-2-3-6-14(12)15(19)20-16-8-4-10-18(16)13(11-17)7-9-16/h2-3,5-6,13H,4,7-11H2,1H3/t13-,16+/m0/s1. The van der Waals surface area contributed by atoms with Crippen LogP contribution in [-0.2, 0) is 4.74 Å². The van der Waals surface area contributed by atoms with Crippen LogP contribution in [0.2, 0.25) is 0 Å². The Bertz CT molecular complexity index is 519. The van der Waals surface area contributed by atoms with E-state index in [4.69, 9.17) is 4.74 Å². The Labute approximate surface area is 118 Å². The summed E-state index contributed by atoms with van der Waals surface area (Å²) in [5, 5.41) is 0. The summed E-state index contributed by atoms with van der Waals surface area (Å²) >= 11 is 0. The molecule has 20 heavy (non-hydrogen) atoms. The van der Waals surface area contributed by atoms with E-state index < -0.39 is 5.72 Å². The Morgan fingerprint density at radius 1 is 1.45 bits per heavy atom. The summed E-state index contributed by atoms with van der Waals surface area (Å²) in [5.41, 5.74) is 0.965. The summed E-state index contributed by atoms with van der Waals surface area (Å²) in [7, 11) is 0. The van der Waals surface area contributed by atoms with Crippen molar-refractivity contribution in [2.75, 3.05) is 13.2 Å². The molecule has 0 aliphatic carbocycles. The average Bonchev–Trinajstić information content (AvgIpc) is 2.97. The topological polar surface area (TPSA) is 29.5 Å². The quantitative estimate of drug-likeness (QED) is 0.795. The molecule has 3 nitrogen and oxygen atoms in total. The number of rotatable bonds is 3. The second-order valence-electron chi connectivity index (χ2n) is 5.79. The Morgan fingerprint density at radius 2 is 2.25 bits per heavy atom. The van der Waals surface area contributed by atoms with Crippen LogP contribution in [0.25, 0.3) is 0 Å². The molecular formula is C16H20FNO2. The minimum Gasteiger partial charge on any atom is -0.440 e. The lowest BCUT2D eigenvalue weighted by Crippen LogP contribution is -2.46. The van der Waals surface area contributed by atoms with Gasteiger partial charge in [-0.3, -0.25) is 4.90 Å². The van der Waals surface area contributed by atoms with Crippen molar-refractivity contribution in [1.29, 1.82) is 0 Å². The summed E-state index contributed by atoms with van der Waals surface area (Å²) in [6.45, 7) is 2.37.